The lowest BCUT2D eigenvalue weighted by Gasteiger charge is -2.58. The molecule has 1 aromatic rings. The lowest BCUT2D eigenvalue weighted by Crippen LogP contribution is -2.54. The van der Waals surface area contributed by atoms with Gasteiger partial charge in [-0.2, -0.15) is 0 Å². The summed E-state index contributed by atoms with van der Waals surface area (Å²) in [4.78, 5) is 12.5. The quantitative estimate of drug-likeness (QED) is 0.764. The molecule has 4 nitrogen and oxygen atoms in total. The minimum absolute atomic E-state index is 0.148. The van der Waals surface area contributed by atoms with E-state index in [2.05, 4.69) is 20.8 Å². The molecule has 0 radical (unpaired) electrons. The van der Waals surface area contributed by atoms with E-state index in [9.17, 15) is 9.90 Å². The summed E-state index contributed by atoms with van der Waals surface area (Å²) in [6.45, 7) is 10.7. The third-order valence-electron chi connectivity index (χ3n) is 8.84. The molecule has 0 unspecified atom stereocenters. The minimum atomic E-state index is -0.360. The van der Waals surface area contributed by atoms with Crippen LogP contribution in [0.25, 0.3) is 0 Å². The summed E-state index contributed by atoms with van der Waals surface area (Å²) in [5, 5.41) is 10.7. The highest BCUT2D eigenvalue weighted by molar-refractivity contribution is 5.39. The average molecular weight is 389 g/mol. The third-order valence-corrected chi connectivity index (χ3v) is 8.84. The van der Waals surface area contributed by atoms with Gasteiger partial charge in [-0.1, -0.05) is 27.2 Å². The zero-order chi connectivity index (χ0) is 20.3. The summed E-state index contributed by atoms with van der Waals surface area (Å²) in [6, 6.07) is 0. The molecule has 28 heavy (non-hydrogen) atoms. The van der Waals surface area contributed by atoms with Crippen LogP contribution >= 0.6 is 0 Å². The Morgan fingerprint density at radius 2 is 1.89 bits per heavy atom. The van der Waals surface area contributed by atoms with Gasteiger partial charge in [-0.3, -0.25) is 0 Å². The normalized spacial score (nSPS) is 40.2. The Kier molecular flexibility index (Phi) is 4.93. The Hall–Kier alpha value is -1.29. The van der Waals surface area contributed by atoms with Crippen LogP contribution in [0.5, 0.6) is 5.75 Å². The van der Waals surface area contributed by atoms with Crippen LogP contribution in [0.15, 0.2) is 9.21 Å². The lowest BCUT2D eigenvalue weighted by molar-refractivity contribution is -0.124. The maximum atomic E-state index is 12.5. The maximum absolute atomic E-state index is 12.5. The fraction of sp³-hybridized carbons (Fsp3) is 0.792. The average Bonchev–Trinajstić information content (AvgIpc) is 3.00. The van der Waals surface area contributed by atoms with Crippen molar-refractivity contribution in [2.75, 3.05) is 0 Å². The molecule has 2 saturated carbocycles. The molecule has 3 aliphatic rings. The molecule has 1 aliphatic heterocycles. The van der Waals surface area contributed by atoms with Gasteiger partial charge in [0.15, 0.2) is 0 Å². The molecular weight excluding hydrogens is 352 g/mol. The van der Waals surface area contributed by atoms with Crippen molar-refractivity contribution in [3.8, 4) is 5.75 Å². The molecule has 0 bridgehead atoms. The van der Waals surface area contributed by atoms with Crippen molar-refractivity contribution in [3.63, 3.8) is 0 Å². The van der Waals surface area contributed by atoms with E-state index in [1.165, 1.54) is 12.8 Å². The molecule has 2 heterocycles. The topological polar surface area (TPSA) is 59.7 Å². The highest BCUT2D eigenvalue weighted by Gasteiger charge is 2.60. The van der Waals surface area contributed by atoms with Crippen molar-refractivity contribution >= 4 is 0 Å². The predicted molar refractivity (Wildman–Crippen MR) is 110 cm³/mol. The van der Waals surface area contributed by atoms with Crippen LogP contribution in [0.4, 0.5) is 0 Å². The smallest absolute Gasteiger partial charge is 0.342 e. The molecule has 1 saturated heterocycles. The summed E-state index contributed by atoms with van der Waals surface area (Å²) in [5.41, 5.74) is 1.24. The maximum Gasteiger partial charge on any atom is 0.342 e. The number of rotatable bonds is 3. The monoisotopic (exact) mass is 388 g/mol. The van der Waals surface area contributed by atoms with Gasteiger partial charge in [-0.05, 0) is 81.5 Å². The highest BCUT2D eigenvalue weighted by atomic mass is 16.5. The number of fused-ring (bicyclic) bond motifs is 3. The van der Waals surface area contributed by atoms with E-state index in [-0.39, 0.29) is 22.2 Å². The van der Waals surface area contributed by atoms with Gasteiger partial charge in [0.1, 0.15) is 11.5 Å². The lowest BCUT2D eigenvalue weighted by atomic mass is 9.46. The summed E-state index contributed by atoms with van der Waals surface area (Å²) in [5.74, 6) is 1.69. The Labute approximate surface area is 168 Å². The molecule has 0 spiro atoms. The molecule has 1 N–H and O–H groups in total. The number of hydrogen-bond donors (Lipinski definition) is 1. The summed E-state index contributed by atoms with van der Waals surface area (Å²) in [6.07, 6.45) is 9.50. The minimum Gasteiger partial charge on any atom is -0.507 e. The Morgan fingerprint density at radius 3 is 2.61 bits per heavy atom. The third kappa shape index (κ3) is 2.86. The highest BCUT2D eigenvalue weighted by Crippen LogP contribution is 2.64. The van der Waals surface area contributed by atoms with Gasteiger partial charge >= 0.3 is 5.63 Å². The van der Waals surface area contributed by atoms with Crippen LogP contribution in [0, 0.1) is 36.5 Å². The summed E-state index contributed by atoms with van der Waals surface area (Å²) >= 11 is 0. The predicted octanol–water partition coefficient (Wildman–Crippen LogP) is 5.29. The van der Waals surface area contributed by atoms with Crippen LogP contribution in [-0.4, -0.2) is 17.3 Å². The zero-order valence-corrected chi connectivity index (χ0v) is 18.1. The standard InChI is InChI=1S/C24H36O4/c1-6-17-13-24(5)19-9-7-8-16(23(19,4)11-10-20(24)28-17)12-18-21(25)14(2)15(3)27-22(18)26/h16-17,19-20,25H,6-13H2,1-5H3/t16-,17-,19-,20+,23-,24+/m1/s1. The molecule has 3 fully saturated rings. The van der Waals surface area contributed by atoms with Crippen molar-refractivity contribution in [1.82, 2.24) is 0 Å². The van der Waals surface area contributed by atoms with E-state index in [1.54, 1.807) is 6.92 Å². The van der Waals surface area contributed by atoms with E-state index in [1.807, 2.05) is 6.92 Å². The van der Waals surface area contributed by atoms with Crippen molar-refractivity contribution in [2.24, 2.45) is 22.7 Å². The zero-order valence-electron chi connectivity index (χ0n) is 18.1. The molecule has 4 rings (SSSR count). The largest absolute Gasteiger partial charge is 0.507 e. The first kappa shape index (κ1) is 20.0. The molecule has 2 aliphatic carbocycles. The van der Waals surface area contributed by atoms with Crippen LogP contribution in [0.2, 0.25) is 0 Å². The first-order valence-corrected chi connectivity index (χ1v) is 11.2. The van der Waals surface area contributed by atoms with Crippen LogP contribution in [-0.2, 0) is 11.2 Å². The summed E-state index contributed by atoms with van der Waals surface area (Å²) in [7, 11) is 0. The second-order valence-corrected chi connectivity index (χ2v) is 10.2. The fourth-order valence-corrected chi connectivity index (χ4v) is 7.01. The second kappa shape index (κ2) is 6.90. The van der Waals surface area contributed by atoms with Crippen molar-refractivity contribution in [2.45, 2.75) is 98.2 Å². The van der Waals surface area contributed by atoms with Gasteiger partial charge in [-0.25, -0.2) is 4.79 Å². The van der Waals surface area contributed by atoms with Gasteiger partial charge in [0, 0.05) is 5.56 Å². The molecule has 0 aromatic carbocycles. The van der Waals surface area contributed by atoms with E-state index in [0.29, 0.717) is 47.4 Å². The molecule has 6 atom stereocenters. The van der Waals surface area contributed by atoms with Gasteiger partial charge in [0.05, 0.1) is 17.8 Å². The number of hydrogen-bond acceptors (Lipinski definition) is 4. The number of aryl methyl sites for hydroxylation is 1. The van der Waals surface area contributed by atoms with E-state index in [4.69, 9.17) is 9.15 Å². The van der Waals surface area contributed by atoms with E-state index >= 15 is 0 Å². The first-order valence-electron chi connectivity index (χ1n) is 11.2. The van der Waals surface area contributed by atoms with Gasteiger partial charge in [0.2, 0.25) is 0 Å². The number of ether oxygens (including phenoxy) is 1. The van der Waals surface area contributed by atoms with Gasteiger partial charge in [0.25, 0.3) is 0 Å². The molecular formula is C24H36O4. The van der Waals surface area contributed by atoms with E-state index < -0.39 is 0 Å². The van der Waals surface area contributed by atoms with Gasteiger partial charge in [-0.15, -0.1) is 0 Å². The molecule has 156 valence electrons. The van der Waals surface area contributed by atoms with Crippen molar-refractivity contribution < 1.29 is 14.3 Å². The molecule has 1 aromatic heterocycles. The fourth-order valence-electron chi connectivity index (χ4n) is 7.01. The first-order chi connectivity index (χ1) is 13.2. The van der Waals surface area contributed by atoms with Crippen LogP contribution in [0.3, 0.4) is 0 Å². The van der Waals surface area contributed by atoms with Crippen LogP contribution < -0.4 is 5.63 Å². The van der Waals surface area contributed by atoms with Crippen molar-refractivity contribution in [1.29, 1.82) is 0 Å². The summed E-state index contributed by atoms with van der Waals surface area (Å²) < 4.78 is 11.8. The Balaban J connectivity index is 1.66. The SMILES string of the molecule is CC[C@@H]1C[C@@]2(C)[C@@H]3CCC[C@H](Cc4c(O)c(C)c(C)oc4=O)[C@@]3(C)CC[C@@H]2O1. The van der Waals surface area contributed by atoms with Crippen LogP contribution in [0.1, 0.15) is 82.6 Å². The van der Waals surface area contributed by atoms with Gasteiger partial charge < -0.3 is 14.3 Å². The van der Waals surface area contributed by atoms with Crippen molar-refractivity contribution in [3.05, 3.63) is 27.3 Å². The number of aromatic hydroxyl groups is 1. The molecule has 0 amide bonds. The Bertz CT molecular complexity index is 812. The molecule has 4 heteroatoms. The van der Waals surface area contributed by atoms with E-state index in [0.717, 1.165) is 32.1 Å². The Morgan fingerprint density at radius 1 is 1.14 bits per heavy atom. The second-order valence-electron chi connectivity index (χ2n) is 10.2.